The van der Waals surface area contributed by atoms with E-state index < -0.39 is 0 Å². The molecular formula is H5B2F5. The Balaban J connectivity index is -0.000000000500. The fraction of sp³-hybridized carbons (Fsp3) is 0. The average Bonchev–Trinajstić information content (AvgIpc) is 1.00. The van der Waals surface area contributed by atoms with E-state index in [2.05, 4.69) is 15.5 Å². The molecule has 0 N–H and O–H groups in total. The lowest BCUT2D eigenvalue weighted by atomic mass is 9.81. The van der Waals surface area contributed by atoms with E-state index >= 15 is 0 Å². The molecule has 0 aliphatic heterocycles. The molecule has 0 nitrogen and oxygen atoms in total. The van der Waals surface area contributed by atoms with Crippen LogP contribution in [0.1, 0.15) is 0 Å². The lowest BCUT2D eigenvalue weighted by Gasteiger charge is -1.00. The first-order chi connectivity index (χ1) is 1.00. The molecule has 7 heavy (non-hydrogen) atoms. The molecule has 0 aliphatic carbocycles. The standard InChI is InChI=1S/B2.5FH/c1-2;;;;;/h;5*1H. The molecule has 0 aromatic rings. The van der Waals surface area contributed by atoms with Crippen molar-refractivity contribution < 1.29 is 23.5 Å². The second kappa shape index (κ2) is 2730. The van der Waals surface area contributed by atoms with Crippen LogP contribution in [-0.2, 0) is 0 Å². The van der Waals surface area contributed by atoms with Gasteiger partial charge in [0.15, 0.2) is 0 Å². The second-order valence-corrected chi connectivity index (χ2v) is 0. The van der Waals surface area contributed by atoms with E-state index in [0.29, 0.717) is 0 Å². The lowest BCUT2D eigenvalue weighted by Crippen LogP contribution is -1.38. The molecule has 4 radical (unpaired) electrons. The topological polar surface area (TPSA) is 0 Å². The van der Waals surface area contributed by atoms with Gasteiger partial charge in [-0.15, -0.1) is 0 Å². The summed E-state index contributed by atoms with van der Waals surface area (Å²) in [6.07, 6.45) is 0. The van der Waals surface area contributed by atoms with Crippen LogP contribution in [0.25, 0.3) is 0 Å². The molecule has 0 rings (SSSR count). The highest BCUT2D eigenvalue weighted by molar-refractivity contribution is 6.75. The minimum absolute atomic E-state index is 0. The van der Waals surface area contributed by atoms with Gasteiger partial charge >= 0.3 is 0 Å². The van der Waals surface area contributed by atoms with Crippen LogP contribution in [0, 0.1) is 0 Å². The van der Waals surface area contributed by atoms with Crippen LogP contribution in [0.4, 0.5) is 23.5 Å². The van der Waals surface area contributed by atoms with Gasteiger partial charge in [-0.2, -0.15) is 0 Å². The molecule has 0 saturated carbocycles. The van der Waals surface area contributed by atoms with Crippen molar-refractivity contribution in [1.82, 2.24) is 0 Å². The quantitative estimate of drug-likeness (QED) is 0.313. The monoisotopic (exact) mass is 122 g/mol. The minimum Gasteiger partial charge on any atom is -0.269 e. The number of hydrogen-bond acceptors (Lipinski definition) is 0. The Bertz CT molecular complexity index is 6.04. The van der Waals surface area contributed by atoms with Crippen LogP contribution in [0.15, 0.2) is 0 Å². The molecule has 0 aromatic heterocycles. The van der Waals surface area contributed by atoms with Crippen LogP contribution >= 0.6 is 0 Å². The van der Waals surface area contributed by atoms with Crippen molar-refractivity contribution in [1.29, 1.82) is 0 Å². The summed E-state index contributed by atoms with van der Waals surface area (Å²) in [6, 6.07) is 0. The molecular weight excluding hydrogens is 117 g/mol. The van der Waals surface area contributed by atoms with E-state index in [0.717, 1.165) is 0 Å². The smallest absolute Gasteiger partial charge is 0 e. The molecule has 0 fully saturated rings. The summed E-state index contributed by atoms with van der Waals surface area (Å²) in [4.78, 5) is 0. The molecule has 0 aromatic carbocycles. The average molecular weight is 122 g/mol. The first-order valence-corrected chi connectivity index (χ1v) is 0.333. The largest absolute Gasteiger partial charge is 0.269 e. The van der Waals surface area contributed by atoms with Gasteiger partial charge in [-0.3, -0.25) is 23.5 Å². The summed E-state index contributed by atoms with van der Waals surface area (Å²) in [7, 11) is 8.00. The van der Waals surface area contributed by atoms with Crippen molar-refractivity contribution in [3.63, 3.8) is 0 Å². The van der Waals surface area contributed by atoms with Crippen LogP contribution in [-0.4, -0.2) is 15.5 Å². The number of hydrogen-bond donors (Lipinski definition) is 0. The minimum atomic E-state index is 0. The number of halogens is 5. The highest BCUT2D eigenvalue weighted by Crippen LogP contribution is 0.619. The normalized spacial score (nSPS) is 0.571. The van der Waals surface area contributed by atoms with E-state index in [1.54, 1.807) is 0 Å². The summed E-state index contributed by atoms with van der Waals surface area (Å²) >= 11 is 0. The van der Waals surface area contributed by atoms with Crippen molar-refractivity contribution in [2.75, 3.05) is 0 Å². The molecule has 0 spiro atoms. The molecule has 0 bridgehead atoms. The first-order valence-electron chi connectivity index (χ1n) is 0.333. The van der Waals surface area contributed by atoms with E-state index in [-0.39, 0.29) is 23.5 Å². The van der Waals surface area contributed by atoms with Crippen LogP contribution < -0.4 is 0 Å². The van der Waals surface area contributed by atoms with E-state index in [1.807, 2.05) is 0 Å². The van der Waals surface area contributed by atoms with Crippen molar-refractivity contribution in [2.24, 2.45) is 0 Å². The molecule has 0 saturated heterocycles. The third-order valence-corrected chi connectivity index (χ3v) is 0. The van der Waals surface area contributed by atoms with Crippen molar-refractivity contribution in [3.8, 4) is 0 Å². The molecule has 0 unspecified atom stereocenters. The zero-order chi connectivity index (χ0) is 2.00. The second-order valence-electron chi connectivity index (χ2n) is 0. The predicted molar refractivity (Wildman–Crippen MR) is 24.0 cm³/mol. The van der Waals surface area contributed by atoms with Gasteiger partial charge in [-0.05, 0) is 0 Å². The maximum atomic E-state index is 4.00. The molecule has 0 atom stereocenters. The van der Waals surface area contributed by atoms with Gasteiger partial charge in [0.1, 0.15) is 0 Å². The molecule has 7 heteroatoms. The highest BCUT2D eigenvalue weighted by Gasteiger charge is 1.00. The summed E-state index contributed by atoms with van der Waals surface area (Å²) in [5, 5.41) is 0. The van der Waals surface area contributed by atoms with Gasteiger partial charge in [-0.25, -0.2) is 0 Å². The Morgan fingerprint density at radius 2 is 0.429 bits per heavy atom. The van der Waals surface area contributed by atoms with E-state index in [9.17, 15) is 0 Å². The van der Waals surface area contributed by atoms with Gasteiger partial charge in [0, 0.05) is 15.5 Å². The van der Waals surface area contributed by atoms with Gasteiger partial charge in [0.05, 0.1) is 0 Å². The van der Waals surface area contributed by atoms with Crippen molar-refractivity contribution in [3.05, 3.63) is 0 Å². The number of rotatable bonds is 0. The van der Waals surface area contributed by atoms with Gasteiger partial charge in [-0.1, -0.05) is 0 Å². The third kappa shape index (κ3) is 1700. The van der Waals surface area contributed by atoms with E-state index in [4.69, 9.17) is 0 Å². The predicted octanol–water partition coefficient (Wildman–Crippen LogP) is 0.000900. The Morgan fingerprint density at radius 1 is 0.429 bits per heavy atom. The third-order valence-electron chi connectivity index (χ3n) is 0. The zero-order valence-electron chi connectivity index (χ0n) is 3.20. The van der Waals surface area contributed by atoms with Crippen LogP contribution in [0.2, 0.25) is 0 Å². The Labute approximate surface area is 40.3 Å². The van der Waals surface area contributed by atoms with Crippen molar-refractivity contribution >= 4 is 15.5 Å². The zero-order valence-corrected chi connectivity index (χ0v) is 3.20. The maximum Gasteiger partial charge on any atom is 0 e. The van der Waals surface area contributed by atoms with E-state index in [1.165, 1.54) is 0 Å². The lowest BCUT2D eigenvalue weighted by molar-refractivity contribution is 1.11. The summed E-state index contributed by atoms with van der Waals surface area (Å²) in [5.41, 5.74) is 0. The SMILES string of the molecule is F.F.F.F.F.[B][B]. The molecule has 0 aliphatic rings. The maximum absolute atomic E-state index is 4.00. The molecule has 46 valence electrons. The Morgan fingerprint density at radius 3 is 0.429 bits per heavy atom. The van der Waals surface area contributed by atoms with Gasteiger partial charge < -0.3 is 0 Å². The highest BCUT2D eigenvalue weighted by atomic mass is 19.0. The van der Waals surface area contributed by atoms with Gasteiger partial charge in [0.2, 0.25) is 0 Å². The van der Waals surface area contributed by atoms with Crippen LogP contribution in [0.3, 0.4) is 0 Å². The summed E-state index contributed by atoms with van der Waals surface area (Å²) in [5.74, 6) is 0. The fourth-order valence-corrected chi connectivity index (χ4v) is 0. The van der Waals surface area contributed by atoms with Crippen LogP contribution in [0.5, 0.6) is 0 Å². The Kier molecular flexibility index (Phi) is 145000. The van der Waals surface area contributed by atoms with Gasteiger partial charge in [0.25, 0.3) is 0 Å². The fourth-order valence-electron chi connectivity index (χ4n) is 0. The summed E-state index contributed by atoms with van der Waals surface area (Å²) < 4.78 is 0. The summed E-state index contributed by atoms with van der Waals surface area (Å²) in [6.45, 7) is 0. The Hall–Kier alpha value is -0.220. The van der Waals surface area contributed by atoms with Crippen molar-refractivity contribution in [2.45, 2.75) is 0 Å². The first kappa shape index (κ1) is 372. The molecule has 0 heterocycles. The molecule has 0 amide bonds.